The van der Waals surface area contributed by atoms with Gasteiger partial charge in [0.05, 0.1) is 5.69 Å². The van der Waals surface area contributed by atoms with E-state index >= 15 is 0 Å². The summed E-state index contributed by atoms with van der Waals surface area (Å²) in [5, 5.41) is 6.00. The second-order valence-corrected chi connectivity index (χ2v) is 9.22. The van der Waals surface area contributed by atoms with Crippen molar-refractivity contribution in [3.8, 4) is 27.6 Å². The summed E-state index contributed by atoms with van der Waals surface area (Å²) in [5.74, 6) is 0.981. The van der Waals surface area contributed by atoms with Gasteiger partial charge in [0.1, 0.15) is 10.8 Å². The number of rotatable bonds is 8. The lowest BCUT2D eigenvalue weighted by molar-refractivity contribution is -0.123. The molecule has 5 heteroatoms. The fourth-order valence-electron chi connectivity index (χ4n) is 3.55. The topological polar surface area (TPSA) is 51.2 Å². The Labute approximate surface area is 199 Å². The molecule has 1 amide bonds. The highest BCUT2D eigenvalue weighted by molar-refractivity contribution is 7.13. The SMILES string of the molecule is Cc1ccc(C(C)C)c(OCC(=O)NCc2ccc(-c3nc(-c4ccccc4)cs3)cc2)c1. The molecule has 0 aliphatic heterocycles. The molecule has 0 spiro atoms. The van der Waals surface area contributed by atoms with E-state index in [2.05, 4.69) is 48.8 Å². The van der Waals surface area contributed by atoms with E-state index in [1.54, 1.807) is 11.3 Å². The van der Waals surface area contributed by atoms with Crippen LogP contribution in [0.5, 0.6) is 5.75 Å². The van der Waals surface area contributed by atoms with Gasteiger partial charge in [-0.3, -0.25) is 4.79 Å². The second kappa shape index (κ2) is 10.5. The minimum Gasteiger partial charge on any atom is -0.483 e. The van der Waals surface area contributed by atoms with Gasteiger partial charge in [-0.05, 0) is 35.6 Å². The minimum atomic E-state index is -0.136. The van der Waals surface area contributed by atoms with Crippen LogP contribution in [0.3, 0.4) is 0 Å². The fourth-order valence-corrected chi connectivity index (χ4v) is 4.39. The lowest BCUT2D eigenvalue weighted by Crippen LogP contribution is -2.28. The summed E-state index contributed by atoms with van der Waals surface area (Å²) in [6.45, 7) is 6.73. The maximum Gasteiger partial charge on any atom is 0.258 e. The predicted molar refractivity (Wildman–Crippen MR) is 136 cm³/mol. The number of carbonyl (C=O) groups is 1. The average Bonchev–Trinajstić information content (AvgIpc) is 3.32. The molecule has 0 unspecified atom stereocenters. The van der Waals surface area contributed by atoms with Gasteiger partial charge in [0.2, 0.25) is 0 Å². The van der Waals surface area contributed by atoms with Crippen LogP contribution in [0, 0.1) is 6.92 Å². The first kappa shape index (κ1) is 22.7. The zero-order valence-electron chi connectivity index (χ0n) is 19.2. The third-order valence-electron chi connectivity index (χ3n) is 5.41. The lowest BCUT2D eigenvalue weighted by Gasteiger charge is -2.15. The van der Waals surface area contributed by atoms with Crippen molar-refractivity contribution in [1.29, 1.82) is 0 Å². The standard InChI is InChI=1S/C28H28N2O2S/c1-19(2)24-14-9-20(3)15-26(24)32-17-27(31)29-16-21-10-12-23(13-11-21)28-30-25(18-33-28)22-7-5-4-6-8-22/h4-15,18-19H,16-17H2,1-3H3,(H,29,31). The summed E-state index contributed by atoms with van der Waals surface area (Å²) in [6, 6.07) is 24.5. The fraction of sp³-hybridized carbons (Fsp3) is 0.214. The van der Waals surface area contributed by atoms with Gasteiger partial charge in [0, 0.05) is 23.1 Å². The number of nitrogens with one attached hydrogen (secondary N) is 1. The van der Waals surface area contributed by atoms with Gasteiger partial charge in [-0.15, -0.1) is 11.3 Å². The lowest BCUT2D eigenvalue weighted by atomic mass is 10.0. The summed E-state index contributed by atoms with van der Waals surface area (Å²) in [7, 11) is 0. The number of benzene rings is 3. The number of thiazole rings is 1. The Morgan fingerprint density at radius 1 is 1.00 bits per heavy atom. The molecule has 0 saturated carbocycles. The molecule has 0 fully saturated rings. The summed E-state index contributed by atoms with van der Waals surface area (Å²) >= 11 is 1.63. The smallest absolute Gasteiger partial charge is 0.258 e. The van der Waals surface area contributed by atoms with E-state index in [4.69, 9.17) is 9.72 Å². The number of aryl methyl sites for hydroxylation is 1. The Balaban J connectivity index is 1.32. The van der Waals surface area contributed by atoms with Gasteiger partial charge in [-0.25, -0.2) is 4.98 Å². The van der Waals surface area contributed by atoms with E-state index in [-0.39, 0.29) is 12.5 Å². The third kappa shape index (κ3) is 5.88. The number of aromatic nitrogens is 1. The summed E-state index contributed by atoms with van der Waals surface area (Å²) in [5.41, 5.74) is 6.44. The summed E-state index contributed by atoms with van der Waals surface area (Å²) in [6.07, 6.45) is 0. The van der Waals surface area contributed by atoms with Crippen molar-refractivity contribution < 1.29 is 9.53 Å². The van der Waals surface area contributed by atoms with Crippen LogP contribution in [0.4, 0.5) is 0 Å². The van der Waals surface area contributed by atoms with Gasteiger partial charge in [0.25, 0.3) is 5.91 Å². The van der Waals surface area contributed by atoms with E-state index in [0.717, 1.165) is 44.3 Å². The summed E-state index contributed by atoms with van der Waals surface area (Å²) in [4.78, 5) is 17.1. The Morgan fingerprint density at radius 2 is 1.76 bits per heavy atom. The minimum absolute atomic E-state index is 0.00261. The molecule has 1 heterocycles. The Kier molecular flexibility index (Phi) is 7.20. The molecule has 0 saturated heterocycles. The van der Waals surface area contributed by atoms with Crippen molar-refractivity contribution in [2.75, 3.05) is 6.61 Å². The van der Waals surface area contributed by atoms with Crippen LogP contribution >= 0.6 is 11.3 Å². The Bertz CT molecular complexity index is 1210. The molecule has 0 atom stereocenters. The van der Waals surface area contributed by atoms with Crippen LogP contribution in [0.1, 0.15) is 36.5 Å². The van der Waals surface area contributed by atoms with Gasteiger partial charge in [-0.1, -0.05) is 80.6 Å². The first-order valence-corrected chi connectivity index (χ1v) is 12.0. The van der Waals surface area contributed by atoms with Crippen molar-refractivity contribution in [3.63, 3.8) is 0 Å². The first-order chi connectivity index (χ1) is 16.0. The largest absolute Gasteiger partial charge is 0.483 e. The number of hydrogen-bond acceptors (Lipinski definition) is 4. The highest BCUT2D eigenvalue weighted by Crippen LogP contribution is 2.29. The maximum atomic E-state index is 12.3. The van der Waals surface area contributed by atoms with E-state index in [1.807, 2.05) is 55.5 Å². The van der Waals surface area contributed by atoms with Crippen molar-refractivity contribution in [2.45, 2.75) is 33.2 Å². The van der Waals surface area contributed by atoms with Crippen LogP contribution in [0.15, 0.2) is 78.2 Å². The zero-order valence-corrected chi connectivity index (χ0v) is 20.0. The van der Waals surface area contributed by atoms with Crippen molar-refractivity contribution in [1.82, 2.24) is 10.3 Å². The molecule has 33 heavy (non-hydrogen) atoms. The van der Waals surface area contributed by atoms with Crippen molar-refractivity contribution >= 4 is 17.2 Å². The first-order valence-electron chi connectivity index (χ1n) is 11.1. The van der Waals surface area contributed by atoms with E-state index in [1.165, 1.54) is 0 Å². The molecule has 4 nitrogen and oxygen atoms in total. The highest BCUT2D eigenvalue weighted by atomic mass is 32.1. The van der Waals surface area contributed by atoms with E-state index in [0.29, 0.717) is 12.5 Å². The van der Waals surface area contributed by atoms with Crippen molar-refractivity contribution in [2.24, 2.45) is 0 Å². The molecule has 1 aromatic heterocycles. The van der Waals surface area contributed by atoms with Crippen LogP contribution in [0.25, 0.3) is 21.8 Å². The number of ether oxygens (including phenoxy) is 1. The van der Waals surface area contributed by atoms with Crippen LogP contribution in [0.2, 0.25) is 0 Å². The molecule has 0 radical (unpaired) electrons. The van der Waals surface area contributed by atoms with Gasteiger partial charge < -0.3 is 10.1 Å². The molecular weight excluding hydrogens is 428 g/mol. The normalized spacial score (nSPS) is 10.9. The molecular formula is C28H28N2O2S. The highest BCUT2D eigenvalue weighted by Gasteiger charge is 2.11. The van der Waals surface area contributed by atoms with Crippen LogP contribution in [-0.2, 0) is 11.3 Å². The number of nitrogens with zero attached hydrogens (tertiary/aromatic N) is 1. The van der Waals surface area contributed by atoms with Crippen LogP contribution in [-0.4, -0.2) is 17.5 Å². The van der Waals surface area contributed by atoms with E-state index < -0.39 is 0 Å². The maximum absolute atomic E-state index is 12.3. The molecule has 0 aliphatic rings. The molecule has 0 bridgehead atoms. The molecule has 3 aromatic carbocycles. The number of carbonyl (C=O) groups excluding carboxylic acids is 1. The van der Waals surface area contributed by atoms with Crippen LogP contribution < -0.4 is 10.1 Å². The second-order valence-electron chi connectivity index (χ2n) is 8.36. The number of amides is 1. The third-order valence-corrected chi connectivity index (χ3v) is 6.31. The number of hydrogen-bond donors (Lipinski definition) is 1. The molecule has 4 aromatic rings. The monoisotopic (exact) mass is 456 g/mol. The van der Waals surface area contributed by atoms with Gasteiger partial charge in [-0.2, -0.15) is 0 Å². The molecule has 168 valence electrons. The van der Waals surface area contributed by atoms with E-state index in [9.17, 15) is 4.79 Å². The molecule has 0 aliphatic carbocycles. The summed E-state index contributed by atoms with van der Waals surface area (Å²) < 4.78 is 5.83. The Hall–Kier alpha value is -3.44. The van der Waals surface area contributed by atoms with Gasteiger partial charge >= 0.3 is 0 Å². The Morgan fingerprint density at radius 3 is 2.48 bits per heavy atom. The molecule has 1 N–H and O–H groups in total. The van der Waals surface area contributed by atoms with Gasteiger partial charge in [0.15, 0.2) is 6.61 Å². The quantitative estimate of drug-likeness (QED) is 0.325. The predicted octanol–water partition coefficient (Wildman–Crippen LogP) is 6.60. The van der Waals surface area contributed by atoms with Crippen molar-refractivity contribution in [3.05, 3.63) is 94.9 Å². The zero-order chi connectivity index (χ0) is 23.2. The molecule has 4 rings (SSSR count). The average molecular weight is 457 g/mol.